The van der Waals surface area contributed by atoms with Crippen molar-refractivity contribution in [2.45, 2.75) is 31.8 Å². The molecule has 1 aliphatic carbocycles. The van der Waals surface area contributed by atoms with Crippen molar-refractivity contribution in [1.82, 2.24) is 24.0 Å². The number of hydrogen-bond acceptors (Lipinski definition) is 5. The van der Waals surface area contributed by atoms with Gasteiger partial charge in [0.1, 0.15) is 6.54 Å². The molecular weight excluding hydrogens is 312 g/mol. The Morgan fingerprint density at radius 2 is 2.08 bits per heavy atom. The van der Waals surface area contributed by atoms with Gasteiger partial charge in [-0.25, -0.2) is 14.3 Å². The number of fused-ring (bicyclic) bond motifs is 1. The van der Waals surface area contributed by atoms with Crippen molar-refractivity contribution in [1.29, 1.82) is 0 Å². The molecule has 1 amide bonds. The highest BCUT2D eigenvalue weighted by atomic mass is 16.2. The van der Waals surface area contributed by atoms with Crippen molar-refractivity contribution in [3.05, 3.63) is 27.2 Å². The number of imidazole rings is 1. The average molecular weight is 334 g/mol. The Labute approximate surface area is 138 Å². The van der Waals surface area contributed by atoms with Crippen molar-refractivity contribution < 1.29 is 4.79 Å². The van der Waals surface area contributed by atoms with Crippen LogP contribution in [-0.2, 0) is 25.4 Å². The van der Waals surface area contributed by atoms with Gasteiger partial charge < -0.3 is 15.6 Å². The van der Waals surface area contributed by atoms with Gasteiger partial charge in [0.05, 0.1) is 11.9 Å². The molecule has 9 heteroatoms. The first-order valence-corrected chi connectivity index (χ1v) is 7.90. The molecule has 2 aromatic rings. The van der Waals surface area contributed by atoms with Gasteiger partial charge in [0, 0.05) is 20.6 Å². The van der Waals surface area contributed by atoms with Crippen molar-refractivity contribution in [3.8, 4) is 0 Å². The van der Waals surface area contributed by atoms with Crippen LogP contribution in [0.25, 0.3) is 11.2 Å². The van der Waals surface area contributed by atoms with Crippen LogP contribution in [0.15, 0.2) is 15.9 Å². The van der Waals surface area contributed by atoms with E-state index in [1.807, 2.05) is 6.92 Å². The number of hydrogen-bond donors (Lipinski definition) is 2. The number of carbonyl (C=O) groups is 1. The number of nitrogens with zero attached hydrogens (tertiary/aromatic N) is 4. The van der Waals surface area contributed by atoms with Crippen LogP contribution in [0.3, 0.4) is 0 Å². The Morgan fingerprint density at radius 3 is 2.67 bits per heavy atom. The molecule has 1 saturated carbocycles. The van der Waals surface area contributed by atoms with Crippen LogP contribution in [0.2, 0.25) is 0 Å². The number of nitrogens with one attached hydrogen (secondary N) is 1. The Kier molecular flexibility index (Phi) is 3.83. The minimum Gasteiger partial charge on any atom is -0.348 e. The molecule has 2 heterocycles. The molecule has 0 bridgehead atoms. The molecule has 0 spiro atoms. The number of carbonyl (C=O) groups excluding carboxylic acids is 1. The molecule has 3 rings (SSSR count). The van der Waals surface area contributed by atoms with Crippen LogP contribution >= 0.6 is 0 Å². The Morgan fingerprint density at radius 1 is 1.42 bits per heavy atom. The highest BCUT2D eigenvalue weighted by Crippen LogP contribution is 2.38. The third-order valence-corrected chi connectivity index (χ3v) is 4.83. The molecule has 9 nitrogen and oxygen atoms in total. The molecule has 3 N–H and O–H groups in total. The standard InChI is InChI=1S/C15H22N6O3/c1-15(7-16,9-4-5-9)18-10(22)6-21-13(23)11-12(17-8-19(11)2)20(3)14(21)24/h8-9H,4-7,16H2,1-3H3,(H,18,22). The summed E-state index contributed by atoms with van der Waals surface area (Å²) < 4.78 is 3.75. The van der Waals surface area contributed by atoms with Crippen LogP contribution < -0.4 is 22.3 Å². The average Bonchev–Trinajstić information content (AvgIpc) is 3.33. The van der Waals surface area contributed by atoms with Gasteiger partial charge in [-0.15, -0.1) is 0 Å². The minimum atomic E-state index is -0.567. The highest BCUT2D eigenvalue weighted by Gasteiger charge is 2.41. The first kappa shape index (κ1) is 16.4. The van der Waals surface area contributed by atoms with E-state index in [1.165, 1.54) is 17.9 Å². The smallest absolute Gasteiger partial charge is 0.332 e. The molecule has 24 heavy (non-hydrogen) atoms. The molecule has 1 atom stereocenters. The van der Waals surface area contributed by atoms with E-state index in [-0.39, 0.29) is 12.1 Å². The molecule has 0 saturated heterocycles. The van der Waals surface area contributed by atoms with Crippen molar-refractivity contribution in [2.75, 3.05) is 6.54 Å². The maximum Gasteiger partial charge on any atom is 0.332 e. The summed E-state index contributed by atoms with van der Waals surface area (Å²) in [5.74, 6) is -0.0406. The third-order valence-electron chi connectivity index (χ3n) is 4.83. The van der Waals surface area contributed by atoms with E-state index < -0.39 is 22.7 Å². The normalized spacial score (nSPS) is 17.0. The van der Waals surface area contributed by atoms with E-state index in [2.05, 4.69) is 10.3 Å². The van der Waals surface area contributed by atoms with Gasteiger partial charge in [-0.1, -0.05) is 0 Å². The molecule has 1 aliphatic rings. The van der Waals surface area contributed by atoms with Gasteiger partial charge >= 0.3 is 5.69 Å². The van der Waals surface area contributed by atoms with Gasteiger partial charge in [-0.3, -0.25) is 14.2 Å². The fourth-order valence-corrected chi connectivity index (χ4v) is 3.08. The summed E-state index contributed by atoms with van der Waals surface area (Å²) in [6.07, 6.45) is 3.52. The molecular formula is C15H22N6O3. The molecule has 1 fully saturated rings. The molecule has 1 unspecified atom stereocenters. The second kappa shape index (κ2) is 5.59. The highest BCUT2D eigenvalue weighted by molar-refractivity contribution is 5.77. The van der Waals surface area contributed by atoms with Crippen LogP contribution in [0, 0.1) is 5.92 Å². The Bertz CT molecular complexity index is 920. The van der Waals surface area contributed by atoms with E-state index in [0.29, 0.717) is 18.1 Å². The zero-order valence-electron chi connectivity index (χ0n) is 14.1. The number of rotatable bonds is 5. The fourth-order valence-electron chi connectivity index (χ4n) is 3.08. The minimum absolute atomic E-state index is 0.286. The summed E-state index contributed by atoms with van der Waals surface area (Å²) in [6, 6.07) is 0. The summed E-state index contributed by atoms with van der Waals surface area (Å²) in [5, 5.41) is 2.89. The van der Waals surface area contributed by atoms with Gasteiger partial charge in [0.25, 0.3) is 5.56 Å². The Hall–Kier alpha value is -2.42. The van der Waals surface area contributed by atoms with E-state index in [0.717, 1.165) is 17.4 Å². The maximum absolute atomic E-state index is 12.6. The summed E-state index contributed by atoms with van der Waals surface area (Å²) in [4.78, 5) is 41.4. The summed E-state index contributed by atoms with van der Waals surface area (Å²) in [5.41, 5.74) is 4.79. The van der Waals surface area contributed by atoms with Gasteiger partial charge in [-0.2, -0.15) is 0 Å². The predicted molar refractivity (Wildman–Crippen MR) is 88.5 cm³/mol. The van der Waals surface area contributed by atoms with E-state index in [4.69, 9.17) is 5.73 Å². The second-order valence-corrected chi connectivity index (χ2v) is 6.70. The van der Waals surface area contributed by atoms with Crippen LogP contribution in [0.5, 0.6) is 0 Å². The second-order valence-electron chi connectivity index (χ2n) is 6.70. The third kappa shape index (κ3) is 2.54. The lowest BCUT2D eigenvalue weighted by Crippen LogP contribution is -2.55. The molecule has 0 aliphatic heterocycles. The zero-order valence-corrected chi connectivity index (χ0v) is 14.1. The maximum atomic E-state index is 12.6. The van der Waals surface area contributed by atoms with E-state index in [9.17, 15) is 14.4 Å². The van der Waals surface area contributed by atoms with Crippen LogP contribution in [0.4, 0.5) is 0 Å². The fraction of sp³-hybridized carbons (Fsp3) is 0.600. The monoisotopic (exact) mass is 334 g/mol. The number of amides is 1. The lowest BCUT2D eigenvalue weighted by Gasteiger charge is -2.29. The van der Waals surface area contributed by atoms with E-state index in [1.54, 1.807) is 11.6 Å². The van der Waals surface area contributed by atoms with Gasteiger partial charge in [0.15, 0.2) is 11.2 Å². The molecule has 0 aromatic carbocycles. The first-order chi connectivity index (χ1) is 11.3. The lowest BCUT2D eigenvalue weighted by molar-refractivity contribution is -0.123. The van der Waals surface area contributed by atoms with Crippen molar-refractivity contribution in [3.63, 3.8) is 0 Å². The topological polar surface area (TPSA) is 117 Å². The molecule has 0 radical (unpaired) electrons. The number of aryl methyl sites for hydroxylation is 2. The summed E-state index contributed by atoms with van der Waals surface area (Å²) in [6.45, 7) is 1.87. The SMILES string of the molecule is Cn1cnc2c1c(=O)n(CC(=O)NC(C)(CN)C1CC1)c(=O)n2C. The van der Waals surface area contributed by atoms with Crippen LogP contribution in [0.1, 0.15) is 19.8 Å². The molecule has 130 valence electrons. The predicted octanol–water partition coefficient (Wildman–Crippen LogP) is -1.32. The van der Waals surface area contributed by atoms with Crippen molar-refractivity contribution in [2.24, 2.45) is 25.7 Å². The Balaban J connectivity index is 1.95. The molecule has 2 aromatic heterocycles. The largest absolute Gasteiger partial charge is 0.348 e. The van der Waals surface area contributed by atoms with Crippen LogP contribution in [-0.4, -0.2) is 36.7 Å². The van der Waals surface area contributed by atoms with Crippen molar-refractivity contribution >= 4 is 17.1 Å². The lowest BCUT2D eigenvalue weighted by atomic mass is 9.96. The number of aromatic nitrogens is 4. The van der Waals surface area contributed by atoms with Gasteiger partial charge in [0.2, 0.25) is 5.91 Å². The summed E-state index contributed by atoms with van der Waals surface area (Å²) in [7, 11) is 3.20. The van der Waals surface area contributed by atoms with E-state index >= 15 is 0 Å². The summed E-state index contributed by atoms with van der Waals surface area (Å²) >= 11 is 0. The number of nitrogens with two attached hydrogens (primary N) is 1. The quantitative estimate of drug-likeness (QED) is 0.703. The zero-order chi connectivity index (χ0) is 17.6. The van der Waals surface area contributed by atoms with Gasteiger partial charge in [-0.05, 0) is 25.7 Å². The first-order valence-electron chi connectivity index (χ1n) is 7.90.